The standard InChI is InChI=1S/C15H26N4O/c1-5-13-12(9-17-19(13)15(2,3)4)14(20)18-7-6-11(8-16)10-18/h9,11H,5-8,10,16H2,1-4H3/t11-/m1/s1. The van der Waals surface area contributed by atoms with Crippen molar-refractivity contribution in [1.29, 1.82) is 0 Å². The lowest BCUT2D eigenvalue weighted by atomic mass is 10.1. The monoisotopic (exact) mass is 278 g/mol. The minimum Gasteiger partial charge on any atom is -0.338 e. The van der Waals surface area contributed by atoms with Gasteiger partial charge in [-0.15, -0.1) is 0 Å². The molecule has 2 rings (SSSR count). The van der Waals surface area contributed by atoms with Crippen LogP contribution in [0.4, 0.5) is 0 Å². The Morgan fingerprint density at radius 3 is 2.70 bits per heavy atom. The molecule has 0 radical (unpaired) electrons. The van der Waals surface area contributed by atoms with Gasteiger partial charge in [0.1, 0.15) is 0 Å². The summed E-state index contributed by atoms with van der Waals surface area (Å²) in [6.45, 7) is 10.6. The first-order valence-corrected chi connectivity index (χ1v) is 7.45. The molecule has 2 heterocycles. The smallest absolute Gasteiger partial charge is 0.257 e. The first-order valence-electron chi connectivity index (χ1n) is 7.45. The summed E-state index contributed by atoms with van der Waals surface area (Å²) in [6.07, 6.45) is 3.55. The van der Waals surface area contributed by atoms with E-state index < -0.39 is 0 Å². The van der Waals surface area contributed by atoms with Crippen LogP contribution in [0.1, 0.15) is 50.2 Å². The number of carbonyl (C=O) groups excluding carboxylic acids is 1. The zero-order valence-corrected chi connectivity index (χ0v) is 13.0. The van der Waals surface area contributed by atoms with Crippen molar-refractivity contribution in [2.75, 3.05) is 19.6 Å². The summed E-state index contributed by atoms with van der Waals surface area (Å²) >= 11 is 0. The topological polar surface area (TPSA) is 64.2 Å². The van der Waals surface area contributed by atoms with E-state index in [-0.39, 0.29) is 11.4 Å². The fourth-order valence-corrected chi connectivity index (χ4v) is 2.85. The second kappa shape index (κ2) is 5.56. The van der Waals surface area contributed by atoms with Crippen LogP contribution in [-0.2, 0) is 12.0 Å². The molecule has 0 aliphatic carbocycles. The highest BCUT2D eigenvalue weighted by molar-refractivity contribution is 5.95. The molecule has 5 heteroatoms. The highest BCUT2D eigenvalue weighted by atomic mass is 16.2. The van der Waals surface area contributed by atoms with Crippen LogP contribution in [-0.4, -0.2) is 40.2 Å². The molecular formula is C15H26N4O. The van der Waals surface area contributed by atoms with Crippen molar-refractivity contribution in [3.63, 3.8) is 0 Å². The van der Waals surface area contributed by atoms with Gasteiger partial charge in [-0.1, -0.05) is 6.92 Å². The molecule has 1 atom stereocenters. The third-order valence-electron chi connectivity index (χ3n) is 3.98. The summed E-state index contributed by atoms with van der Waals surface area (Å²) in [5.41, 5.74) is 7.37. The van der Waals surface area contributed by atoms with E-state index in [1.165, 1.54) is 0 Å². The molecule has 0 aromatic carbocycles. The molecule has 0 saturated carbocycles. The van der Waals surface area contributed by atoms with Crippen LogP contribution in [0.25, 0.3) is 0 Å². The van der Waals surface area contributed by atoms with E-state index in [9.17, 15) is 4.79 Å². The van der Waals surface area contributed by atoms with Gasteiger partial charge in [-0.05, 0) is 46.1 Å². The molecule has 5 nitrogen and oxygen atoms in total. The molecule has 1 aliphatic rings. The number of nitrogens with two attached hydrogens (primary N) is 1. The van der Waals surface area contributed by atoms with Crippen molar-refractivity contribution in [3.05, 3.63) is 17.5 Å². The van der Waals surface area contributed by atoms with Gasteiger partial charge in [-0.2, -0.15) is 5.10 Å². The third-order valence-corrected chi connectivity index (χ3v) is 3.98. The van der Waals surface area contributed by atoms with Crippen LogP contribution < -0.4 is 5.73 Å². The Labute approximate surface area is 121 Å². The molecule has 1 saturated heterocycles. The Balaban J connectivity index is 2.25. The van der Waals surface area contributed by atoms with E-state index >= 15 is 0 Å². The second-order valence-corrected chi connectivity index (χ2v) is 6.58. The SMILES string of the molecule is CCc1c(C(=O)N2CC[C@H](CN)C2)cnn1C(C)(C)C. The van der Waals surface area contributed by atoms with Gasteiger partial charge in [0, 0.05) is 13.1 Å². The number of amides is 1. The Bertz CT molecular complexity index is 487. The lowest BCUT2D eigenvalue weighted by Crippen LogP contribution is -2.31. The average Bonchev–Trinajstić information content (AvgIpc) is 3.03. The normalized spacial score (nSPS) is 19.6. The maximum absolute atomic E-state index is 12.7. The van der Waals surface area contributed by atoms with E-state index in [0.717, 1.165) is 37.2 Å². The Kier molecular flexibility index (Phi) is 4.18. The van der Waals surface area contributed by atoms with Crippen molar-refractivity contribution in [2.24, 2.45) is 11.7 Å². The first-order chi connectivity index (χ1) is 9.38. The quantitative estimate of drug-likeness (QED) is 0.914. The Morgan fingerprint density at radius 2 is 2.20 bits per heavy atom. The maximum atomic E-state index is 12.7. The number of nitrogens with zero attached hydrogens (tertiary/aromatic N) is 3. The molecule has 2 N–H and O–H groups in total. The molecule has 1 aliphatic heterocycles. The summed E-state index contributed by atoms with van der Waals surface area (Å²) in [5, 5.41) is 4.43. The van der Waals surface area contributed by atoms with Crippen LogP contribution in [0.5, 0.6) is 0 Å². The van der Waals surface area contributed by atoms with E-state index in [1.54, 1.807) is 6.20 Å². The van der Waals surface area contributed by atoms with Gasteiger partial charge in [0.2, 0.25) is 0 Å². The van der Waals surface area contributed by atoms with Gasteiger partial charge in [0.15, 0.2) is 0 Å². The molecule has 1 fully saturated rings. The number of hydrogen-bond acceptors (Lipinski definition) is 3. The maximum Gasteiger partial charge on any atom is 0.257 e. The summed E-state index contributed by atoms with van der Waals surface area (Å²) < 4.78 is 1.97. The van der Waals surface area contributed by atoms with Gasteiger partial charge in [0.25, 0.3) is 5.91 Å². The fourth-order valence-electron chi connectivity index (χ4n) is 2.85. The van der Waals surface area contributed by atoms with Crippen LogP contribution in [0.15, 0.2) is 6.20 Å². The molecule has 0 spiro atoms. The van der Waals surface area contributed by atoms with Crippen LogP contribution in [0.3, 0.4) is 0 Å². The van der Waals surface area contributed by atoms with Crippen molar-refractivity contribution >= 4 is 5.91 Å². The van der Waals surface area contributed by atoms with Crippen molar-refractivity contribution < 1.29 is 4.79 Å². The highest BCUT2D eigenvalue weighted by Crippen LogP contribution is 2.23. The molecule has 1 aromatic heterocycles. The van der Waals surface area contributed by atoms with Crippen LogP contribution >= 0.6 is 0 Å². The van der Waals surface area contributed by atoms with Crippen LogP contribution in [0.2, 0.25) is 0 Å². The summed E-state index contributed by atoms with van der Waals surface area (Å²) in [5.74, 6) is 0.551. The Morgan fingerprint density at radius 1 is 1.50 bits per heavy atom. The largest absolute Gasteiger partial charge is 0.338 e. The summed E-state index contributed by atoms with van der Waals surface area (Å²) in [6, 6.07) is 0. The lowest BCUT2D eigenvalue weighted by molar-refractivity contribution is 0.0786. The minimum absolute atomic E-state index is 0.103. The van der Waals surface area contributed by atoms with Crippen LogP contribution in [0, 0.1) is 5.92 Å². The Hall–Kier alpha value is -1.36. The molecule has 1 aromatic rings. The van der Waals surface area contributed by atoms with Gasteiger partial charge in [-0.3, -0.25) is 9.48 Å². The van der Waals surface area contributed by atoms with E-state index in [2.05, 4.69) is 32.8 Å². The van der Waals surface area contributed by atoms with Gasteiger partial charge < -0.3 is 10.6 Å². The van der Waals surface area contributed by atoms with Crippen molar-refractivity contribution in [2.45, 2.75) is 46.1 Å². The van der Waals surface area contributed by atoms with Crippen molar-refractivity contribution in [3.8, 4) is 0 Å². The average molecular weight is 278 g/mol. The molecule has 1 amide bonds. The highest BCUT2D eigenvalue weighted by Gasteiger charge is 2.30. The molecule has 0 bridgehead atoms. The molecule has 0 unspecified atom stereocenters. The van der Waals surface area contributed by atoms with Crippen molar-refractivity contribution in [1.82, 2.24) is 14.7 Å². The molecule has 20 heavy (non-hydrogen) atoms. The number of hydrogen-bond donors (Lipinski definition) is 1. The summed E-state index contributed by atoms with van der Waals surface area (Å²) in [4.78, 5) is 14.6. The van der Waals surface area contributed by atoms with Gasteiger partial charge >= 0.3 is 0 Å². The lowest BCUT2D eigenvalue weighted by Gasteiger charge is -2.23. The molecular weight excluding hydrogens is 252 g/mol. The number of aromatic nitrogens is 2. The first kappa shape index (κ1) is 15.0. The second-order valence-electron chi connectivity index (χ2n) is 6.58. The minimum atomic E-state index is -0.103. The van der Waals surface area contributed by atoms with E-state index in [0.29, 0.717) is 12.5 Å². The van der Waals surface area contributed by atoms with Gasteiger partial charge in [0.05, 0.1) is 23.0 Å². The third kappa shape index (κ3) is 2.73. The van der Waals surface area contributed by atoms with E-state index in [1.807, 2.05) is 9.58 Å². The van der Waals surface area contributed by atoms with Gasteiger partial charge in [-0.25, -0.2) is 0 Å². The number of rotatable bonds is 3. The predicted molar refractivity (Wildman–Crippen MR) is 79.7 cm³/mol. The zero-order chi connectivity index (χ0) is 14.9. The fraction of sp³-hybridized carbons (Fsp3) is 0.733. The summed E-state index contributed by atoms with van der Waals surface area (Å²) in [7, 11) is 0. The predicted octanol–water partition coefficient (Wildman–Crippen LogP) is 1.62. The van der Waals surface area contributed by atoms with E-state index in [4.69, 9.17) is 5.73 Å². The number of carbonyl (C=O) groups is 1. The zero-order valence-electron chi connectivity index (χ0n) is 13.0. The molecule has 112 valence electrons. The number of likely N-dealkylation sites (tertiary alicyclic amines) is 1.